The average molecular weight is 244 g/mol. The van der Waals surface area contributed by atoms with Gasteiger partial charge in [0.2, 0.25) is 5.91 Å². The molecule has 0 saturated heterocycles. The lowest BCUT2D eigenvalue weighted by molar-refractivity contribution is -0.137. The van der Waals surface area contributed by atoms with Crippen molar-refractivity contribution in [1.29, 1.82) is 0 Å². The highest BCUT2D eigenvalue weighted by molar-refractivity contribution is 5.77. The van der Waals surface area contributed by atoms with Gasteiger partial charge < -0.3 is 16.2 Å². The smallest absolute Gasteiger partial charge is 0.305 e. The van der Waals surface area contributed by atoms with Crippen LogP contribution in [0.1, 0.15) is 47.0 Å². The predicted molar refractivity (Wildman–Crippen MR) is 66.5 cm³/mol. The molecule has 5 heteroatoms. The molecule has 0 aromatic carbocycles. The molecule has 0 aromatic rings. The first-order chi connectivity index (χ1) is 7.60. The van der Waals surface area contributed by atoms with Crippen LogP contribution in [-0.4, -0.2) is 29.1 Å². The number of carboxylic acid groups (broad SMARTS) is 1. The standard InChI is InChI=1S/C12H24N2O3/c1-8(5-11(16)17)14-10(15)6-9(13)7-12(2,3)4/h8-9H,5-7,13H2,1-4H3,(H,14,15)(H,16,17). The second-order valence-corrected chi connectivity index (χ2v) is 5.80. The van der Waals surface area contributed by atoms with E-state index in [0.717, 1.165) is 6.42 Å². The van der Waals surface area contributed by atoms with E-state index in [1.165, 1.54) is 0 Å². The van der Waals surface area contributed by atoms with Crippen LogP contribution in [0.2, 0.25) is 0 Å². The molecule has 0 aliphatic carbocycles. The minimum atomic E-state index is -0.920. The highest BCUT2D eigenvalue weighted by Crippen LogP contribution is 2.20. The van der Waals surface area contributed by atoms with Crippen molar-refractivity contribution in [3.63, 3.8) is 0 Å². The predicted octanol–water partition coefficient (Wildman–Crippen LogP) is 1.12. The quantitative estimate of drug-likeness (QED) is 0.652. The van der Waals surface area contributed by atoms with E-state index in [2.05, 4.69) is 26.1 Å². The molecule has 0 saturated carbocycles. The first-order valence-corrected chi connectivity index (χ1v) is 5.87. The summed E-state index contributed by atoms with van der Waals surface area (Å²) in [6.07, 6.45) is 0.926. The zero-order valence-corrected chi connectivity index (χ0v) is 11.1. The van der Waals surface area contributed by atoms with Gasteiger partial charge in [-0.25, -0.2) is 0 Å². The van der Waals surface area contributed by atoms with E-state index in [1.54, 1.807) is 6.92 Å². The summed E-state index contributed by atoms with van der Waals surface area (Å²) in [5, 5.41) is 11.2. The lowest BCUT2D eigenvalue weighted by atomic mass is 9.87. The molecular weight excluding hydrogens is 220 g/mol. The highest BCUT2D eigenvalue weighted by atomic mass is 16.4. The number of hydrogen-bond acceptors (Lipinski definition) is 3. The molecule has 0 aliphatic rings. The van der Waals surface area contributed by atoms with Crippen molar-refractivity contribution in [3.05, 3.63) is 0 Å². The van der Waals surface area contributed by atoms with Gasteiger partial charge in [0.25, 0.3) is 0 Å². The lowest BCUT2D eigenvalue weighted by Gasteiger charge is -2.23. The van der Waals surface area contributed by atoms with Crippen LogP contribution in [0, 0.1) is 5.41 Å². The normalized spacial score (nSPS) is 15.1. The summed E-state index contributed by atoms with van der Waals surface area (Å²) in [5.74, 6) is -1.10. The maximum Gasteiger partial charge on any atom is 0.305 e. The Hall–Kier alpha value is -1.10. The molecule has 0 rings (SSSR count). The van der Waals surface area contributed by atoms with Crippen LogP contribution in [0.3, 0.4) is 0 Å². The van der Waals surface area contributed by atoms with Gasteiger partial charge in [-0.3, -0.25) is 9.59 Å². The van der Waals surface area contributed by atoms with Gasteiger partial charge in [-0.1, -0.05) is 20.8 Å². The summed E-state index contributed by atoms with van der Waals surface area (Å²) in [7, 11) is 0. The van der Waals surface area contributed by atoms with Gasteiger partial charge in [-0.15, -0.1) is 0 Å². The molecule has 0 radical (unpaired) electrons. The number of hydrogen-bond donors (Lipinski definition) is 3. The third kappa shape index (κ3) is 9.81. The maximum absolute atomic E-state index is 11.5. The maximum atomic E-state index is 11.5. The number of carboxylic acids is 1. The van der Waals surface area contributed by atoms with E-state index in [0.29, 0.717) is 0 Å². The topological polar surface area (TPSA) is 92.4 Å². The van der Waals surface area contributed by atoms with E-state index in [9.17, 15) is 9.59 Å². The molecule has 0 bridgehead atoms. The summed E-state index contributed by atoms with van der Waals surface area (Å²) in [5.41, 5.74) is 5.95. The van der Waals surface area contributed by atoms with E-state index in [4.69, 9.17) is 10.8 Å². The van der Waals surface area contributed by atoms with Gasteiger partial charge in [-0.2, -0.15) is 0 Å². The summed E-state index contributed by atoms with van der Waals surface area (Å²) >= 11 is 0. The van der Waals surface area contributed by atoms with Gasteiger partial charge in [0.05, 0.1) is 6.42 Å². The van der Waals surface area contributed by atoms with Crippen LogP contribution in [0.15, 0.2) is 0 Å². The summed E-state index contributed by atoms with van der Waals surface area (Å²) < 4.78 is 0. The van der Waals surface area contributed by atoms with E-state index in [1.807, 2.05) is 0 Å². The first-order valence-electron chi connectivity index (χ1n) is 5.87. The Balaban J connectivity index is 3.97. The Labute approximate surface area is 103 Å². The van der Waals surface area contributed by atoms with E-state index < -0.39 is 5.97 Å². The zero-order chi connectivity index (χ0) is 13.6. The Bertz CT molecular complexity index is 271. The number of carbonyl (C=O) groups is 2. The molecule has 0 fully saturated rings. The van der Waals surface area contributed by atoms with Crippen LogP contribution < -0.4 is 11.1 Å². The molecule has 1 amide bonds. The minimum absolute atomic E-state index is 0.0692. The van der Waals surface area contributed by atoms with Crippen LogP contribution >= 0.6 is 0 Å². The molecule has 0 heterocycles. The second-order valence-electron chi connectivity index (χ2n) is 5.80. The van der Waals surface area contributed by atoms with Crippen molar-refractivity contribution in [1.82, 2.24) is 5.32 Å². The molecule has 0 aromatic heterocycles. The molecule has 2 unspecified atom stereocenters. The van der Waals surface area contributed by atoms with Gasteiger partial charge >= 0.3 is 5.97 Å². The minimum Gasteiger partial charge on any atom is -0.481 e. The third-order valence-corrected chi connectivity index (χ3v) is 2.21. The molecule has 2 atom stereocenters. The van der Waals surface area contributed by atoms with Crippen molar-refractivity contribution in [3.8, 4) is 0 Å². The van der Waals surface area contributed by atoms with Crippen LogP contribution in [-0.2, 0) is 9.59 Å². The van der Waals surface area contributed by atoms with Crippen LogP contribution in [0.25, 0.3) is 0 Å². The number of nitrogens with one attached hydrogen (secondary N) is 1. The fraction of sp³-hybridized carbons (Fsp3) is 0.833. The molecule has 4 N–H and O–H groups in total. The number of nitrogens with two attached hydrogens (primary N) is 1. The van der Waals surface area contributed by atoms with Crippen molar-refractivity contribution in [2.24, 2.45) is 11.1 Å². The van der Waals surface area contributed by atoms with Crippen molar-refractivity contribution in [2.45, 2.75) is 59.0 Å². The molecular formula is C12H24N2O3. The fourth-order valence-corrected chi connectivity index (χ4v) is 1.74. The first kappa shape index (κ1) is 15.9. The van der Waals surface area contributed by atoms with E-state index in [-0.39, 0.29) is 36.2 Å². The third-order valence-electron chi connectivity index (χ3n) is 2.21. The number of aliphatic carboxylic acids is 1. The highest BCUT2D eigenvalue weighted by Gasteiger charge is 2.19. The SMILES string of the molecule is CC(CC(=O)O)NC(=O)CC(N)CC(C)(C)C. The molecule has 5 nitrogen and oxygen atoms in total. The molecule has 100 valence electrons. The van der Waals surface area contributed by atoms with E-state index >= 15 is 0 Å². The van der Waals surface area contributed by atoms with Crippen LogP contribution in [0.5, 0.6) is 0 Å². The molecule has 17 heavy (non-hydrogen) atoms. The summed E-state index contributed by atoms with van der Waals surface area (Å²) in [6.45, 7) is 7.87. The monoisotopic (exact) mass is 244 g/mol. The molecule has 0 spiro atoms. The van der Waals surface area contributed by atoms with Crippen molar-refractivity contribution < 1.29 is 14.7 Å². The summed E-state index contributed by atoms with van der Waals surface area (Å²) in [6, 6.07) is -0.547. The Morgan fingerprint density at radius 1 is 1.29 bits per heavy atom. The number of carbonyl (C=O) groups excluding carboxylic acids is 1. The van der Waals surface area contributed by atoms with Gasteiger partial charge in [0, 0.05) is 18.5 Å². The average Bonchev–Trinajstić information content (AvgIpc) is 1.95. The Kier molecular flexibility index (Phi) is 6.16. The van der Waals surface area contributed by atoms with Crippen LogP contribution in [0.4, 0.5) is 0 Å². The number of amides is 1. The summed E-state index contributed by atoms with van der Waals surface area (Å²) in [4.78, 5) is 22.0. The Morgan fingerprint density at radius 2 is 1.82 bits per heavy atom. The zero-order valence-electron chi connectivity index (χ0n) is 11.1. The van der Waals surface area contributed by atoms with Gasteiger partial charge in [-0.05, 0) is 18.8 Å². The van der Waals surface area contributed by atoms with Crippen molar-refractivity contribution in [2.75, 3.05) is 0 Å². The Morgan fingerprint density at radius 3 is 2.24 bits per heavy atom. The van der Waals surface area contributed by atoms with Crippen molar-refractivity contribution >= 4 is 11.9 Å². The molecule has 0 aliphatic heterocycles. The second kappa shape index (κ2) is 6.59. The number of rotatable bonds is 6. The van der Waals surface area contributed by atoms with Gasteiger partial charge in [0.1, 0.15) is 0 Å². The largest absolute Gasteiger partial charge is 0.481 e. The lowest BCUT2D eigenvalue weighted by Crippen LogP contribution is -2.38. The van der Waals surface area contributed by atoms with Gasteiger partial charge in [0.15, 0.2) is 0 Å². The fourth-order valence-electron chi connectivity index (χ4n) is 1.74.